The Labute approximate surface area is 151 Å². The third-order valence-corrected chi connectivity index (χ3v) is 7.89. The molecule has 2 aromatic heterocycles. The molecular formula is C16H23N5O2S2. The maximum atomic E-state index is 11.7. The van der Waals surface area contributed by atoms with Crippen molar-refractivity contribution in [1.82, 2.24) is 19.4 Å². The molecular weight excluding hydrogens is 358 g/mol. The zero-order valence-electron chi connectivity index (χ0n) is 14.7. The molecule has 0 bridgehead atoms. The molecule has 2 saturated heterocycles. The molecule has 0 saturated carbocycles. The van der Waals surface area contributed by atoms with E-state index in [4.69, 9.17) is 5.73 Å². The van der Waals surface area contributed by atoms with E-state index in [9.17, 15) is 8.42 Å². The second-order valence-electron chi connectivity index (χ2n) is 7.32. The van der Waals surface area contributed by atoms with E-state index in [2.05, 4.69) is 15.1 Å². The Morgan fingerprint density at radius 2 is 1.80 bits per heavy atom. The molecule has 2 atom stereocenters. The fourth-order valence-corrected chi connectivity index (χ4v) is 6.12. The van der Waals surface area contributed by atoms with Gasteiger partial charge in [-0.2, -0.15) is 5.10 Å². The summed E-state index contributed by atoms with van der Waals surface area (Å²) in [6.45, 7) is 7.93. The SMILES string of the molecule is Cc1nnc2sc(CN3CC4CN(S(C)(=O)=O)CC4C3)c(N)c2c1C. The van der Waals surface area contributed by atoms with Crippen LogP contribution in [0.25, 0.3) is 10.2 Å². The molecule has 0 amide bonds. The van der Waals surface area contributed by atoms with Gasteiger partial charge in [-0.25, -0.2) is 12.7 Å². The van der Waals surface area contributed by atoms with Gasteiger partial charge in [-0.15, -0.1) is 16.4 Å². The number of rotatable bonds is 3. The molecule has 4 heterocycles. The van der Waals surface area contributed by atoms with Crippen LogP contribution in [0, 0.1) is 25.7 Å². The predicted molar refractivity (Wildman–Crippen MR) is 100.0 cm³/mol. The van der Waals surface area contributed by atoms with Gasteiger partial charge in [0, 0.05) is 43.0 Å². The molecule has 4 rings (SSSR count). The number of aromatic nitrogens is 2. The van der Waals surface area contributed by atoms with Crippen LogP contribution in [0.1, 0.15) is 16.1 Å². The van der Waals surface area contributed by atoms with Gasteiger partial charge < -0.3 is 5.73 Å². The van der Waals surface area contributed by atoms with Crippen molar-refractivity contribution >= 4 is 37.3 Å². The monoisotopic (exact) mass is 381 g/mol. The summed E-state index contributed by atoms with van der Waals surface area (Å²) in [6.07, 6.45) is 1.30. The zero-order valence-corrected chi connectivity index (χ0v) is 16.3. The lowest BCUT2D eigenvalue weighted by Gasteiger charge is -2.19. The first-order chi connectivity index (χ1) is 11.7. The van der Waals surface area contributed by atoms with Gasteiger partial charge in [-0.1, -0.05) is 0 Å². The van der Waals surface area contributed by atoms with E-state index < -0.39 is 10.0 Å². The van der Waals surface area contributed by atoms with Crippen molar-refractivity contribution in [1.29, 1.82) is 0 Å². The molecule has 2 aromatic rings. The number of fused-ring (bicyclic) bond motifs is 2. The van der Waals surface area contributed by atoms with Crippen LogP contribution in [-0.2, 0) is 16.6 Å². The van der Waals surface area contributed by atoms with E-state index in [1.165, 1.54) is 6.26 Å². The highest BCUT2D eigenvalue weighted by atomic mass is 32.2. The lowest BCUT2D eigenvalue weighted by molar-refractivity contribution is 0.292. The van der Waals surface area contributed by atoms with Crippen LogP contribution in [0.4, 0.5) is 5.69 Å². The van der Waals surface area contributed by atoms with Crippen LogP contribution < -0.4 is 5.73 Å². The van der Waals surface area contributed by atoms with Gasteiger partial charge in [0.1, 0.15) is 4.83 Å². The minimum absolute atomic E-state index is 0.425. The molecule has 2 N–H and O–H groups in total. The van der Waals surface area contributed by atoms with Crippen molar-refractivity contribution in [2.24, 2.45) is 11.8 Å². The first-order valence-electron chi connectivity index (χ1n) is 8.42. The normalized spacial score (nSPS) is 25.1. The number of nitrogen functional groups attached to an aromatic ring is 1. The largest absolute Gasteiger partial charge is 0.397 e. The molecule has 0 spiro atoms. The summed E-state index contributed by atoms with van der Waals surface area (Å²) >= 11 is 1.62. The Bertz CT molecular complexity index is 926. The topological polar surface area (TPSA) is 92.4 Å². The van der Waals surface area contributed by atoms with E-state index in [1.54, 1.807) is 15.6 Å². The molecule has 25 heavy (non-hydrogen) atoms. The van der Waals surface area contributed by atoms with Gasteiger partial charge in [0.05, 0.1) is 17.6 Å². The van der Waals surface area contributed by atoms with E-state index in [0.717, 1.165) is 51.7 Å². The number of hydrogen-bond acceptors (Lipinski definition) is 7. The Morgan fingerprint density at radius 3 is 2.40 bits per heavy atom. The summed E-state index contributed by atoms with van der Waals surface area (Å²) in [6, 6.07) is 0. The van der Waals surface area contributed by atoms with Crippen LogP contribution in [-0.4, -0.2) is 60.3 Å². The number of hydrogen-bond donors (Lipinski definition) is 1. The fourth-order valence-electron chi connectivity index (χ4n) is 4.05. The van der Waals surface area contributed by atoms with Crippen molar-refractivity contribution in [3.63, 3.8) is 0 Å². The molecule has 7 nitrogen and oxygen atoms in total. The fraction of sp³-hybridized carbons (Fsp3) is 0.625. The molecule has 2 aliphatic heterocycles. The van der Waals surface area contributed by atoms with E-state index in [-0.39, 0.29) is 0 Å². The first-order valence-corrected chi connectivity index (χ1v) is 11.1. The number of thiophene rings is 1. The highest BCUT2D eigenvalue weighted by molar-refractivity contribution is 7.88. The third-order valence-electron chi connectivity index (χ3n) is 5.58. The lowest BCUT2D eigenvalue weighted by Crippen LogP contribution is -2.32. The molecule has 2 aliphatic rings. The summed E-state index contributed by atoms with van der Waals surface area (Å²) in [5.74, 6) is 0.850. The smallest absolute Gasteiger partial charge is 0.211 e. The number of likely N-dealkylation sites (tertiary alicyclic amines) is 1. The Morgan fingerprint density at radius 1 is 1.16 bits per heavy atom. The Kier molecular flexibility index (Phi) is 4.02. The van der Waals surface area contributed by atoms with Crippen LogP contribution >= 0.6 is 11.3 Å². The maximum Gasteiger partial charge on any atom is 0.211 e. The number of aryl methyl sites for hydroxylation is 2. The van der Waals surface area contributed by atoms with Crippen molar-refractivity contribution < 1.29 is 8.42 Å². The molecule has 0 radical (unpaired) electrons. The third kappa shape index (κ3) is 2.92. The number of nitrogens with zero attached hydrogens (tertiary/aromatic N) is 4. The number of anilines is 1. The van der Waals surface area contributed by atoms with Crippen LogP contribution in [0.5, 0.6) is 0 Å². The Hall–Kier alpha value is -1.29. The molecule has 2 fully saturated rings. The summed E-state index contributed by atoms with van der Waals surface area (Å²) in [7, 11) is -3.07. The summed E-state index contributed by atoms with van der Waals surface area (Å²) in [5, 5.41) is 9.53. The van der Waals surface area contributed by atoms with Crippen molar-refractivity contribution in [3.8, 4) is 0 Å². The van der Waals surface area contributed by atoms with Crippen LogP contribution in [0.3, 0.4) is 0 Å². The maximum absolute atomic E-state index is 11.7. The zero-order chi connectivity index (χ0) is 17.9. The van der Waals surface area contributed by atoms with Crippen LogP contribution in [0.15, 0.2) is 0 Å². The molecule has 2 unspecified atom stereocenters. The van der Waals surface area contributed by atoms with Crippen LogP contribution in [0.2, 0.25) is 0 Å². The molecule has 136 valence electrons. The quantitative estimate of drug-likeness (QED) is 0.859. The number of sulfonamides is 1. The molecule has 0 aromatic carbocycles. The minimum atomic E-state index is -3.07. The molecule has 0 aliphatic carbocycles. The van der Waals surface area contributed by atoms with E-state index >= 15 is 0 Å². The average molecular weight is 382 g/mol. The summed E-state index contributed by atoms with van der Waals surface area (Å²) in [4.78, 5) is 4.43. The average Bonchev–Trinajstić information content (AvgIpc) is 3.15. The van der Waals surface area contributed by atoms with Crippen molar-refractivity contribution in [3.05, 3.63) is 16.1 Å². The minimum Gasteiger partial charge on any atom is -0.397 e. The van der Waals surface area contributed by atoms with Gasteiger partial charge >= 0.3 is 0 Å². The standard InChI is InChI=1S/C16H23N5O2S2/c1-9-10(2)18-19-16-14(9)15(17)13(24-16)8-20-4-11-6-21(25(3,22)23)7-12(11)5-20/h11-12H,4-8,17H2,1-3H3. The van der Waals surface area contributed by atoms with Crippen molar-refractivity contribution in [2.75, 3.05) is 38.2 Å². The van der Waals surface area contributed by atoms with Gasteiger partial charge in [0.25, 0.3) is 0 Å². The van der Waals surface area contributed by atoms with Gasteiger partial charge in [0.2, 0.25) is 10.0 Å². The lowest BCUT2D eigenvalue weighted by atomic mass is 10.0. The highest BCUT2D eigenvalue weighted by Crippen LogP contribution is 2.38. The predicted octanol–water partition coefficient (Wildman–Crippen LogP) is 1.21. The first kappa shape index (κ1) is 17.1. The van der Waals surface area contributed by atoms with E-state index in [0.29, 0.717) is 24.9 Å². The second kappa shape index (κ2) is 5.87. The highest BCUT2D eigenvalue weighted by Gasteiger charge is 2.42. The van der Waals surface area contributed by atoms with Gasteiger partial charge in [0.15, 0.2) is 0 Å². The van der Waals surface area contributed by atoms with Gasteiger partial charge in [-0.3, -0.25) is 4.90 Å². The number of nitrogens with two attached hydrogens (primary N) is 1. The van der Waals surface area contributed by atoms with Crippen molar-refractivity contribution in [2.45, 2.75) is 20.4 Å². The molecule has 9 heteroatoms. The van der Waals surface area contributed by atoms with E-state index in [1.807, 2.05) is 13.8 Å². The summed E-state index contributed by atoms with van der Waals surface area (Å²) < 4.78 is 25.1. The Balaban J connectivity index is 1.51. The van der Waals surface area contributed by atoms with Gasteiger partial charge in [-0.05, 0) is 31.2 Å². The second-order valence-corrected chi connectivity index (χ2v) is 10.4. The summed E-state index contributed by atoms with van der Waals surface area (Å²) in [5.41, 5.74) is 9.26.